The highest BCUT2D eigenvalue weighted by molar-refractivity contribution is 6.04. The zero-order valence-electron chi connectivity index (χ0n) is 13.5. The number of hydrogen-bond acceptors (Lipinski definition) is 3. The molecule has 0 saturated carbocycles. The maximum Gasteiger partial charge on any atom is 0.324 e. The van der Waals surface area contributed by atoms with Crippen LogP contribution < -0.4 is 10.1 Å². The highest BCUT2D eigenvalue weighted by Gasteiger charge is 2.37. The SMILES string of the molecule is Cc1cccc(OCCCN2C(=O)N[C@@H](CC(C)C)C2=O)c1. The number of carbonyl (C=O) groups is 2. The molecule has 0 unspecified atom stereocenters. The Morgan fingerprint density at radius 1 is 1.32 bits per heavy atom. The van der Waals surface area contributed by atoms with E-state index in [-0.39, 0.29) is 18.0 Å². The highest BCUT2D eigenvalue weighted by Crippen LogP contribution is 2.15. The van der Waals surface area contributed by atoms with E-state index in [1.807, 2.05) is 45.0 Å². The molecule has 0 aliphatic carbocycles. The number of imide groups is 1. The summed E-state index contributed by atoms with van der Waals surface area (Å²) in [6, 6.07) is 7.16. The van der Waals surface area contributed by atoms with E-state index in [1.165, 1.54) is 4.90 Å². The van der Waals surface area contributed by atoms with Crippen LogP contribution in [0.25, 0.3) is 0 Å². The van der Waals surface area contributed by atoms with Crippen molar-refractivity contribution in [1.82, 2.24) is 10.2 Å². The molecule has 1 N–H and O–H groups in total. The van der Waals surface area contributed by atoms with Gasteiger partial charge in [0.15, 0.2) is 0 Å². The fourth-order valence-corrected chi connectivity index (χ4v) is 2.54. The van der Waals surface area contributed by atoms with E-state index in [9.17, 15) is 9.59 Å². The van der Waals surface area contributed by atoms with E-state index in [0.29, 0.717) is 31.9 Å². The first-order chi connectivity index (χ1) is 10.5. The zero-order valence-corrected chi connectivity index (χ0v) is 13.5. The van der Waals surface area contributed by atoms with Gasteiger partial charge >= 0.3 is 6.03 Å². The molecule has 1 aromatic rings. The topological polar surface area (TPSA) is 58.6 Å². The molecule has 5 nitrogen and oxygen atoms in total. The summed E-state index contributed by atoms with van der Waals surface area (Å²) in [6.07, 6.45) is 1.31. The molecule has 1 heterocycles. The van der Waals surface area contributed by atoms with Gasteiger partial charge in [0, 0.05) is 6.54 Å². The molecule has 0 spiro atoms. The second-order valence-corrected chi connectivity index (χ2v) is 6.14. The third-order valence-electron chi connectivity index (χ3n) is 3.60. The molecule has 0 bridgehead atoms. The molecule has 22 heavy (non-hydrogen) atoms. The van der Waals surface area contributed by atoms with E-state index < -0.39 is 0 Å². The third kappa shape index (κ3) is 4.23. The fraction of sp³-hybridized carbons (Fsp3) is 0.529. The van der Waals surface area contributed by atoms with Crippen molar-refractivity contribution in [1.29, 1.82) is 0 Å². The van der Waals surface area contributed by atoms with E-state index in [2.05, 4.69) is 5.32 Å². The largest absolute Gasteiger partial charge is 0.494 e. The van der Waals surface area contributed by atoms with Crippen LogP contribution in [-0.2, 0) is 4.79 Å². The average molecular weight is 304 g/mol. The first-order valence-corrected chi connectivity index (χ1v) is 7.78. The molecule has 120 valence electrons. The molecule has 0 aromatic heterocycles. The number of amides is 3. The Morgan fingerprint density at radius 2 is 2.09 bits per heavy atom. The smallest absolute Gasteiger partial charge is 0.324 e. The van der Waals surface area contributed by atoms with Crippen molar-refractivity contribution in [3.63, 3.8) is 0 Å². The number of nitrogens with one attached hydrogen (secondary N) is 1. The number of benzene rings is 1. The predicted octanol–water partition coefficient (Wildman–Crippen LogP) is 2.73. The Kier molecular flexibility index (Phi) is 5.41. The van der Waals surface area contributed by atoms with Crippen molar-refractivity contribution in [2.45, 2.75) is 39.7 Å². The normalized spacial score (nSPS) is 18.0. The fourth-order valence-electron chi connectivity index (χ4n) is 2.54. The summed E-state index contributed by atoms with van der Waals surface area (Å²) < 4.78 is 5.64. The second-order valence-electron chi connectivity index (χ2n) is 6.14. The lowest BCUT2D eigenvalue weighted by atomic mass is 10.0. The number of aryl methyl sites for hydroxylation is 1. The maximum atomic E-state index is 12.2. The Morgan fingerprint density at radius 3 is 2.77 bits per heavy atom. The van der Waals surface area contributed by atoms with Crippen LogP contribution in [0.3, 0.4) is 0 Å². The number of rotatable bonds is 7. The standard InChI is InChI=1S/C17H24N2O3/c1-12(2)10-15-16(20)19(17(21)18-15)8-5-9-22-14-7-4-6-13(3)11-14/h4,6-7,11-12,15H,5,8-10H2,1-3H3,(H,18,21)/t15-/m0/s1. The van der Waals surface area contributed by atoms with Gasteiger partial charge in [-0.15, -0.1) is 0 Å². The molecule has 1 saturated heterocycles. The van der Waals surface area contributed by atoms with Crippen molar-refractivity contribution < 1.29 is 14.3 Å². The molecule has 1 atom stereocenters. The van der Waals surface area contributed by atoms with Gasteiger partial charge < -0.3 is 10.1 Å². The van der Waals surface area contributed by atoms with Gasteiger partial charge in [-0.25, -0.2) is 4.79 Å². The van der Waals surface area contributed by atoms with Crippen molar-refractivity contribution in [2.24, 2.45) is 5.92 Å². The molecule has 1 aromatic carbocycles. The van der Waals surface area contributed by atoms with Crippen LogP contribution in [0.4, 0.5) is 4.79 Å². The van der Waals surface area contributed by atoms with Gasteiger partial charge in [0.1, 0.15) is 11.8 Å². The van der Waals surface area contributed by atoms with E-state index in [1.54, 1.807) is 0 Å². The molecule has 2 rings (SSSR count). The van der Waals surface area contributed by atoms with Gasteiger partial charge in [0.05, 0.1) is 6.61 Å². The Bertz CT molecular complexity index is 542. The summed E-state index contributed by atoms with van der Waals surface area (Å²) in [4.78, 5) is 25.3. The molecule has 0 radical (unpaired) electrons. The van der Waals surface area contributed by atoms with Gasteiger partial charge in [0.2, 0.25) is 0 Å². The van der Waals surface area contributed by atoms with Crippen LogP contribution in [-0.4, -0.2) is 36.0 Å². The quantitative estimate of drug-likeness (QED) is 0.622. The van der Waals surface area contributed by atoms with Crippen LogP contribution in [0.1, 0.15) is 32.3 Å². The van der Waals surface area contributed by atoms with Gasteiger partial charge in [0.25, 0.3) is 5.91 Å². The second kappa shape index (κ2) is 7.29. The van der Waals surface area contributed by atoms with Gasteiger partial charge in [-0.2, -0.15) is 0 Å². The molecule has 5 heteroatoms. The molecule has 3 amide bonds. The highest BCUT2D eigenvalue weighted by atomic mass is 16.5. The predicted molar refractivity (Wildman–Crippen MR) is 84.8 cm³/mol. The molecular weight excluding hydrogens is 280 g/mol. The summed E-state index contributed by atoms with van der Waals surface area (Å²) in [6.45, 7) is 6.96. The van der Waals surface area contributed by atoms with Crippen molar-refractivity contribution in [2.75, 3.05) is 13.2 Å². The zero-order chi connectivity index (χ0) is 16.1. The van der Waals surface area contributed by atoms with Crippen LogP contribution in [0.2, 0.25) is 0 Å². The van der Waals surface area contributed by atoms with Crippen LogP contribution in [0.5, 0.6) is 5.75 Å². The molecule has 1 fully saturated rings. The maximum absolute atomic E-state index is 12.2. The molecule has 1 aliphatic rings. The Labute approximate surface area is 131 Å². The first-order valence-electron chi connectivity index (χ1n) is 7.78. The summed E-state index contributed by atoms with van der Waals surface area (Å²) in [7, 11) is 0. The third-order valence-corrected chi connectivity index (χ3v) is 3.60. The number of nitrogens with zero attached hydrogens (tertiary/aromatic N) is 1. The van der Waals surface area contributed by atoms with Crippen LogP contribution in [0, 0.1) is 12.8 Å². The minimum absolute atomic E-state index is 0.116. The first kappa shape index (κ1) is 16.3. The summed E-state index contributed by atoms with van der Waals surface area (Å²) in [5.41, 5.74) is 1.14. The number of urea groups is 1. The summed E-state index contributed by atoms with van der Waals surface area (Å²) >= 11 is 0. The lowest BCUT2D eigenvalue weighted by Crippen LogP contribution is -2.33. The van der Waals surface area contributed by atoms with Crippen molar-refractivity contribution in [3.8, 4) is 5.75 Å². The molecular formula is C17H24N2O3. The van der Waals surface area contributed by atoms with E-state index in [0.717, 1.165) is 11.3 Å². The van der Waals surface area contributed by atoms with Gasteiger partial charge in [-0.1, -0.05) is 26.0 Å². The number of hydrogen-bond donors (Lipinski definition) is 1. The Hall–Kier alpha value is -2.04. The summed E-state index contributed by atoms with van der Waals surface area (Å²) in [5, 5.41) is 2.75. The average Bonchev–Trinajstić information content (AvgIpc) is 2.70. The lowest BCUT2D eigenvalue weighted by molar-refractivity contribution is -0.127. The number of carbonyl (C=O) groups excluding carboxylic acids is 2. The van der Waals surface area contributed by atoms with Gasteiger partial charge in [-0.3, -0.25) is 9.69 Å². The van der Waals surface area contributed by atoms with Gasteiger partial charge in [-0.05, 0) is 43.4 Å². The minimum Gasteiger partial charge on any atom is -0.494 e. The van der Waals surface area contributed by atoms with Crippen LogP contribution in [0.15, 0.2) is 24.3 Å². The van der Waals surface area contributed by atoms with Crippen LogP contribution >= 0.6 is 0 Å². The Balaban J connectivity index is 1.77. The minimum atomic E-state index is -0.370. The van der Waals surface area contributed by atoms with Crippen molar-refractivity contribution in [3.05, 3.63) is 29.8 Å². The summed E-state index contributed by atoms with van der Waals surface area (Å²) in [5.74, 6) is 1.07. The monoisotopic (exact) mass is 304 g/mol. The van der Waals surface area contributed by atoms with E-state index >= 15 is 0 Å². The lowest BCUT2D eigenvalue weighted by Gasteiger charge is -2.14. The molecule has 1 aliphatic heterocycles. The number of ether oxygens (including phenoxy) is 1. The van der Waals surface area contributed by atoms with E-state index in [4.69, 9.17) is 4.74 Å². The van der Waals surface area contributed by atoms with Crippen molar-refractivity contribution >= 4 is 11.9 Å².